The van der Waals surface area contributed by atoms with Crippen LogP contribution in [-0.4, -0.2) is 23.8 Å². The molecule has 0 fully saturated rings. The Kier molecular flexibility index (Phi) is 21.6. The Hall–Kier alpha value is -0.0800. The molecule has 0 saturated heterocycles. The van der Waals surface area contributed by atoms with Crippen molar-refractivity contribution in [1.82, 2.24) is 5.32 Å². The van der Waals surface area contributed by atoms with Crippen molar-refractivity contribution in [2.75, 3.05) is 13.2 Å². The molecule has 0 atom stereocenters. The van der Waals surface area contributed by atoms with Gasteiger partial charge in [-0.2, -0.15) is 0 Å². The van der Waals surface area contributed by atoms with E-state index in [1.165, 1.54) is 116 Å². The summed E-state index contributed by atoms with van der Waals surface area (Å²) in [6, 6.07) is 0. The monoisotopic (exact) mass is 397 g/mol. The Bertz CT molecular complexity index is 278. The lowest BCUT2D eigenvalue weighted by atomic mass is 9.86. The maximum Gasteiger partial charge on any atom is 0.0613 e. The lowest BCUT2D eigenvalue weighted by Gasteiger charge is -2.34. The summed E-state index contributed by atoms with van der Waals surface area (Å²) in [5.74, 6) is 0. The van der Waals surface area contributed by atoms with Gasteiger partial charge in [0.1, 0.15) is 0 Å². The topological polar surface area (TPSA) is 32.3 Å². The average molecular weight is 398 g/mol. The molecule has 0 bridgehead atoms. The first-order valence-corrected chi connectivity index (χ1v) is 13.1. The van der Waals surface area contributed by atoms with Crippen molar-refractivity contribution in [2.45, 2.75) is 155 Å². The van der Waals surface area contributed by atoms with Gasteiger partial charge in [0.05, 0.1) is 6.61 Å². The van der Waals surface area contributed by atoms with Crippen LogP contribution >= 0.6 is 0 Å². The standard InChI is InChI=1S/C26H55NO/c1-4-7-10-13-14-15-18-21-24-27-26(25-28,22-19-16-11-8-5-2)23-20-17-12-9-6-3/h27-28H,4-25H2,1-3H3. The van der Waals surface area contributed by atoms with E-state index in [0.29, 0.717) is 6.61 Å². The summed E-state index contributed by atoms with van der Waals surface area (Å²) in [5, 5.41) is 14.1. The zero-order valence-electron chi connectivity index (χ0n) is 20.0. The number of hydrogen-bond donors (Lipinski definition) is 2. The highest BCUT2D eigenvalue weighted by Crippen LogP contribution is 2.23. The third kappa shape index (κ3) is 16.8. The predicted molar refractivity (Wildman–Crippen MR) is 127 cm³/mol. The minimum atomic E-state index is -0.0143. The van der Waals surface area contributed by atoms with Crippen LogP contribution in [0.25, 0.3) is 0 Å². The van der Waals surface area contributed by atoms with Gasteiger partial charge >= 0.3 is 0 Å². The van der Waals surface area contributed by atoms with Crippen LogP contribution in [0.1, 0.15) is 149 Å². The smallest absolute Gasteiger partial charge is 0.0613 e. The molecule has 0 aliphatic heterocycles. The number of hydrogen-bond acceptors (Lipinski definition) is 2. The van der Waals surface area contributed by atoms with Crippen molar-refractivity contribution >= 4 is 0 Å². The lowest BCUT2D eigenvalue weighted by Crippen LogP contribution is -2.49. The summed E-state index contributed by atoms with van der Waals surface area (Å²) in [5.41, 5.74) is -0.0143. The van der Waals surface area contributed by atoms with Crippen molar-refractivity contribution in [1.29, 1.82) is 0 Å². The summed E-state index contributed by atoms with van der Waals surface area (Å²) < 4.78 is 0. The normalized spacial score (nSPS) is 12.0. The molecule has 2 N–H and O–H groups in total. The molecule has 0 unspecified atom stereocenters. The van der Waals surface area contributed by atoms with Crippen molar-refractivity contribution in [3.63, 3.8) is 0 Å². The molecule has 28 heavy (non-hydrogen) atoms. The highest BCUT2D eigenvalue weighted by molar-refractivity contribution is 4.87. The maximum atomic E-state index is 10.2. The summed E-state index contributed by atoms with van der Waals surface area (Å²) in [6.07, 6.45) is 26.5. The Labute approximate surface area is 178 Å². The zero-order chi connectivity index (χ0) is 20.8. The van der Waals surface area contributed by atoms with Crippen LogP contribution in [0, 0.1) is 0 Å². The van der Waals surface area contributed by atoms with Gasteiger partial charge in [0.15, 0.2) is 0 Å². The molecule has 2 heteroatoms. The molecule has 0 aliphatic rings. The van der Waals surface area contributed by atoms with Gasteiger partial charge in [0.2, 0.25) is 0 Å². The third-order valence-corrected chi connectivity index (χ3v) is 6.35. The molecule has 0 aromatic heterocycles. The average Bonchev–Trinajstić information content (AvgIpc) is 2.71. The second-order valence-electron chi connectivity index (χ2n) is 9.17. The van der Waals surface area contributed by atoms with Gasteiger partial charge in [-0.3, -0.25) is 0 Å². The Morgan fingerprint density at radius 1 is 0.500 bits per heavy atom. The van der Waals surface area contributed by atoms with Gasteiger partial charge in [-0.15, -0.1) is 0 Å². The van der Waals surface area contributed by atoms with Gasteiger partial charge in [-0.05, 0) is 25.8 Å². The minimum absolute atomic E-state index is 0.0143. The molecule has 0 amide bonds. The number of aliphatic hydroxyl groups is 1. The van der Waals surface area contributed by atoms with E-state index in [2.05, 4.69) is 26.1 Å². The van der Waals surface area contributed by atoms with Crippen LogP contribution in [0.15, 0.2) is 0 Å². The molecule has 0 radical (unpaired) electrons. The number of rotatable bonds is 23. The van der Waals surface area contributed by atoms with E-state index in [0.717, 1.165) is 19.4 Å². The highest BCUT2D eigenvalue weighted by atomic mass is 16.3. The largest absolute Gasteiger partial charge is 0.394 e. The quantitative estimate of drug-likeness (QED) is 0.170. The number of nitrogens with one attached hydrogen (secondary N) is 1. The Morgan fingerprint density at radius 3 is 1.25 bits per heavy atom. The minimum Gasteiger partial charge on any atom is -0.394 e. The molecule has 0 aliphatic carbocycles. The van der Waals surface area contributed by atoms with Crippen LogP contribution in [0.4, 0.5) is 0 Å². The van der Waals surface area contributed by atoms with Crippen LogP contribution < -0.4 is 5.32 Å². The molecule has 0 spiro atoms. The number of unbranched alkanes of at least 4 members (excludes halogenated alkanes) is 15. The molecule has 170 valence electrons. The van der Waals surface area contributed by atoms with Crippen LogP contribution in [0.3, 0.4) is 0 Å². The molecule has 0 aromatic rings. The van der Waals surface area contributed by atoms with Crippen molar-refractivity contribution in [2.24, 2.45) is 0 Å². The molecule has 0 rings (SSSR count). The van der Waals surface area contributed by atoms with E-state index in [9.17, 15) is 5.11 Å². The summed E-state index contributed by atoms with van der Waals surface area (Å²) >= 11 is 0. The van der Waals surface area contributed by atoms with E-state index < -0.39 is 0 Å². The fourth-order valence-electron chi connectivity index (χ4n) is 4.26. The highest BCUT2D eigenvalue weighted by Gasteiger charge is 2.27. The van der Waals surface area contributed by atoms with Crippen LogP contribution in [0.2, 0.25) is 0 Å². The van der Waals surface area contributed by atoms with Gasteiger partial charge in [0.25, 0.3) is 0 Å². The van der Waals surface area contributed by atoms with Gasteiger partial charge in [-0.1, -0.05) is 130 Å². The van der Waals surface area contributed by atoms with Crippen LogP contribution in [-0.2, 0) is 0 Å². The molecule has 0 aromatic carbocycles. The third-order valence-electron chi connectivity index (χ3n) is 6.35. The van der Waals surface area contributed by atoms with E-state index in [1.807, 2.05) is 0 Å². The van der Waals surface area contributed by atoms with Gasteiger partial charge in [-0.25, -0.2) is 0 Å². The Morgan fingerprint density at radius 2 is 0.857 bits per heavy atom. The predicted octanol–water partition coefficient (Wildman–Crippen LogP) is 8.17. The Balaban J connectivity index is 4.14. The second-order valence-corrected chi connectivity index (χ2v) is 9.17. The zero-order valence-corrected chi connectivity index (χ0v) is 20.0. The summed E-state index contributed by atoms with van der Waals surface area (Å²) in [6.45, 7) is 8.23. The number of aliphatic hydroxyl groups excluding tert-OH is 1. The first-order chi connectivity index (χ1) is 13.7. The molecule has 2 nitrogen and oxygen atoms in total. The van der Waals surface area contributed by atoms with E-state index in [1.54, 1.807) is 0 Å². The van der Waals surface area contributed by atoms with E-state index in [-0.39, 0.29) is 5.54 Å². The fraction of sp³-hybridized carbons (Fsp3) is 1.00. The van der Waals surface area contributed by atoms with E-state index >= 15 is 0 Å². The molecular weight excluding hydrogens is 342 g/mol. The van der Waals surface area contributed by atoms with Gasteiger partial charge < -0.3 is 10.4 Å². The molecular formula is C26H55NO. The van der Waals surface area contributed by atoms with Crippen molar-refractivity contribution in [3.05, 3.63) is 0 Å². The van der Waals surface area contributed by atoms with Crippen molar-refractivity contribution in [3.8, 4) is 0 Å². The van der Waals surface area contributed by atoms with Crippen LogP contribution in [0.5, 0.6) is 0 Å². The van der Waals surface area contributed by atoms with E-state index in [4.69, 9.17) is 0 Å². The molecule has 0 saturated carbocycles. The molecule has 0 heterocycles. The van der Waals surface area contributed by atoms with Gasteiger partial charge in [0, 0.05) is 5.54 Å². The summed E-state index contributed by atoms with van der Waals surface area (Å²) in [7, 11) is 0. The second kappa shape index (κ2) is 21.6. The first kappa shape index (κ1) is 27.9. The lowest BCUT2D eigenvalue weighted by molar-refractivity contribution is 0.135. The summed E-state index contributed by atoms with van der Waals surface area (Å²) in [4.78, 5) is 0. The first-order valence-electron chi connectivity index (χ1n) is 13.1. The van der Waals surface area contributed by atoms with Crippen molar-refractivity contribution < 1.29 is 5.11 Å². The maximum absolute atomic E-state index is 10.2. The fourth-order valence-corrected chi connectivity index (χ4v) is 4.26. The SMILES string of the molecule is CCCCCCCCCCNC(CO)(CCCCCCC)CCCCCCC.